The summed E-state index contributed by atoms with van der Waals surface area (Å²) in [7, 11) is 1.56. The second kappa shape index (κ2) is 5.59. The smallest absolute Gasteiger partial charge is 0.123 e. The molecule has 0 bridgehead atoms. The number of benzene rings is 2. The van der Waals surface area contributed by atoms with Crippen LogP contribution in [-0.4, -0.2) is 7.11 Å². The molecule has 0 saturated heterocycles. The Morgan fingerprint density at radius 3 is 2.61 bits per heavy atom. The lowest BCUT2D eigenvalue weighted by atomic mass is 10.0. The molecule has 0 saturated carbocycles. The van der Waals surface area contributed by atoms with Crippen LogP contribution in [0.3, 0.4) is 0 Å². The fraction of sp³-hybridized carbons (Fsp3) is 0.143. The molecular weight excluding hydrogens is 274 g/mol. The van der Waals surface area contributed by atoms with Gasteiger partial charge in [-0.05, 0) is 35.9 Å². The number of hydrogen-bond acceptors (Lipinski definition) is 1. The fourth-order valence-electron chi connectivity index (χ4n) is 1.75. The van der Waals surface area contributed by atoms with Crippen LogP contribution < -0.4 is 4.74 Å². The highest BCUT2D eigenvalue weighted by atomic mass is 35.5. The maximum absolute atomic E-state index is 13.2. The van der Waals surface area contributed by atoms with Crippen molar-refractivity contribution in [3.05, 3.63) is 64.4 Å². The van der Waals surface area contributed by atoms with E-state index in [1.165, 1.54) is 12.1 Å². The number of rotatable bonds is 3. The van der Waals surface area contributed by atoms with Gasteiger partial charge in [0.25, 0.3) is 0 Å². The third-order valence-electron chi connectivity index (χ3n) is 2.61. The number of halogens is 3. The van der Waals surface area contributed by atoms with Gasteiger partial charge in [-0.25, -0.2) is 4.39 Å². The summed E-state index contributed by atoms with van der Waals surface area (Å²) in [6.45, 7) is 0. The zero-order valence-corrected chi connectivity index (χ0v) is 11.2. The predicted molar refractivity (Wildman–Crippen MR) is 72.1 cm³/mol. The van der Waals surface area contributed by atoms with Gasteiger partial charge in [-0.15, -0.1) is 11.6 Å². The Balaban J connectivity index is 2.44. The minimum atomic E-state index is -0.505. The van der Waals surface area contributed by atoms with Gasteiger partial charge < -0.3 is 4.74 Å². The lowest BCUT2D eigenvalue weighted by Crippen LogP contribution is -1.98. The Kier molecular flexibility index (Phi) is 4.10. The van der Waals surface area contributed by atoms with Crippen LogP contribution in [0.2, 0.25) is 5.02 Å². The molecule has 0 radical (unpaired) electrons. The molecule has 0 heterocycles. The number of methoxy groups -OCH3 is 1. The molecule has 0 aromatic heterocycles. The van der Waals surface area contributed by atoms with Gasteiger partial charge in [0.05, 0.1) is 12.5 Å². The Morgan fingerprint density at radius 2 is 1.94 bits per heavy atom. The zero-order chi connectivity index (χ0) is 13.1. The van der Waals surface area contributed by atoms with Gasteiger partial charge in [0.15, 0.2) is 0 Å². The van der Waals surface area contributed by atoms with E-state index in [1.807, 2.05) is 0 Å². The maximum Gasteiger partial charge on any atom is 0.123 e. The van der Waals surface area contributed by atoms with Crippen LogP contribution >= 0.6 is 23.2 Å². The normalized spacial score (nSPS) is 12.2. The molecule has 94 valence electrons. The second-order valence-electron chi connectivity index (χ2n) is 3.80. The molecule has 2 aromatic rings. The van der Waals surface area contributed by atoms with Crippen LogP contribution in [0.4, 0.5) is 4.39 Å². The summed E-state index contributed by atoms with van der Waals surface area (Å²) >= 11 is 12.3. The third-order valence-corrected chi connectivity index (χ3v) is 3.33. The van der Waals surface area contributed by atoms with Crippen molar-refractivity contribution in [2.75, 3.05) is 7.11 Å². The average molecular weight is 285 g/mol. The molecule has 0 spiro atoms. The van der Waals surface area contributed by atoms with Crippen LogP contribution in [0, 0.1) is 5.82 Å². The van der Waals surface area contributed by atoms with Gasteiger partial charge >= 0.3 is 0 Å². The highest BCUT2D eigenvalue weighted by Gasteiger charge is 2.16. The van der Waals surface area contributed by atoms with Gasteiger partial charge in [-0.2, -0.15) is 0 Å². The Hall–Kier alpha value is -1.25. The summed E-state index contributed by atoms with van der Waals surface area (Å²) < 4.78 is 18.4. The van der Waals surface area contributed by atoms with Crippen LogP contribution in [0.1, 0.15) is 16.5 Å². The lowest BCUT2D eigenvalue weighted by molar-refractivity contribution is 0.410. The van der Waals surface area contributed by atoms with Crippen molar-refractivity contribution in [3.63, 3.8) is 0 Å². The first-order chi connectivity index (χ1) is 8.61. The topological polar surface area (TPSA) is 9.23 Å². The predicted octanol–water partition coefficient (Wildman–Crippen LogP) is 4.82. The van der Waals surface area contributed by atoms with Crippen LogP contribution in [0.5, 0.6) is 5.75 Å². The molecule has 1 atom stereocenters. The SMILES string of the molecule is COc1ccc(Cl)cc1C(Cl)c1cccc(F)c1. The molecule has 2 rings (SSSR count). The molecule has 1 unspecified atom stereocenters. The van der Waals surface area contributed by atoms with Gasteiger partial charge in [0.1, 0.15) is 11.6 Å². The van der Waals surface area contributed by atoms with E-state index in [1.54, 1.807) is 37.4 Å². The van der Waals surface area contributed by atoms with Crippen molar-refractivity contribution >= 4 is 23.2 Å². The molecular formula is C14H11Cl2FO. The number of alkyl halides is 1. The first-order valence-corrected chi connectivity index (χ1v) is 6.16. The maximum atomic E-state index is 13.2. The summed E-state index contributed by atoms with van der Waals surface area (Å²) in [5.41, 5.74) is 1.38. The van der Waals surface area contributed by atoms with E-state index in [-0.39, 0.29) is 5.82 Å². The quantitative estimate of drug-likeness (QED) is 0.735. The first-order valence-electron chi connectivity index (χ1n) is 5.35. The van der Waals surface area contributed by atoms with E-state index < -0.39 is 5.38 Å². The van der Waals surface area contributed by atoms with E-state index >= 15 is 0 Å². The molecule has 1 nitrogen and oxygen atoms in total. The molecule has 0 N–H and O–H groups in total. The molecule has 0 amide bonds. The van der Waals surface area contributed by atoms with E-state index in [2.05, 4.69) is 0 Å². The van der Waals surface area contributed by atoms with Crippen molar-refractivity contribution in [1.29, 1.82) is 0 Å². The van der Waals surface area contributed by atoms with E-state index in [4.69, 9.17) is 27.9 Å². The van der Waals surface area contributed by atoms with Gasteiger partial charge in [0, 0.05) is 10.6 Å². The second-order valence-corrected chi connectivity index (χ2v) is 4.68. The Morgan fingerprint density at radius 1 is 1.17 bits per heavy atom. The van der Waals surface area contributed by atoms with Gasteiger partial charge in [-0.1, -0.05) is 23.7 Å². The van der Waals surface area contributed by atoms with Crippen LogP contribution in [0.15, 0.2) is 42.5 Å². The van der Waals surface area contributed by atoms with Crippen molar-refractivity contribution in [2.24, 2.45) is 0 Å². The fourth-order valence-corrected chi connectivity index (χ4v) is 2.23. The molecule has 0 aliphatic rings. The van der Waals surface area contributed by atoms with E-state index in [0.29, 0.717) is 16.3 Å². The minimum absolute atomic E-state index is 0.320. The average Bonchev–Trinajstić information content (AvgIpc) is 2.38. The van der Waals surface area contributed by atoms with Crippen molar-refractivity contribution in [2.45, 2.75) is 5.38 Å². The largest absolute Gasteiger partial charge is 0.496 e. The highest BCUT2D eigenvalue weighted by molar-refractivity contribution is 6.31. The molecule has 0 aliphatic carbocycles. The Labute approximate surface area is 115 Å². The molecule has 0 aliphatic heterocycles. The lowest BCUT2D eigenvalue weighted by Gasteiger charge is -2.14. The minimum Gasteiger partial charge on any atom is -0.496 e. The zero-order valence-electron chi connectivity index (χ0n) is 9.66. The third kappa shape index (κ3) is 2.77. The number of hydrogen-bond donors (Lipinski definition) is 0. The van der Waals surface area contributed by atoms with Crippen molar-refractivity contribution in [3.8, 4) is 5.75 Å². The van der Waals surface area contributed by atoms with E-state index in [0.717, 1.165) is 5.56 Å². The summed E-state index contributed by atoms with van der Waals surface area (Å²) in [5.74, 6) is 0.308. The summed E-state index contributed by atoms with van der Waals surface area (Å²) in [4.78, 5) is 0. The van der Waals surface area contributed by atoms with E-state index in [9.17, 15) is 4.39 Å². The molecule has 4 heteroatoms. The van der Waals surface area contributed by atoms with Gasteiger partial charge in [-0.3, -0.25) is 0 Å². The molecule has 18 heavy (non-hydrogen) atoms. The summed E-state index contributed by atoms with van der Waals surface area (Å²) in [6, 6.07) is 11.4. The van der Waals surface area contributed by atoms with Gasteiger partial charge in [0.2, 0.25) is 0 Å². The molecule has 2 aromatic carbocycles. The summed E-state index contributed by atoms with van der Waals surface area (Å²) in [6.07, 6.45) is 0. The highest BCUT2D eigenvalue weighted by Crippen LogP contribution is 2.36. The van der Waals surface area contributed by atoms with Crippen molar-refractivity contribution in [1.82, 2.24) is 0 Å². The molecule has 0 fully saturated rings. The van der Waals surface area contributed by atoms with Crippen LogP contribution in [-0.2, 0) is 0 Å². The Bertz CT molecular complexity index is 557. The monoisotopic (exact) mass is 284 g/mol. The number of ether oxygens (including phenoxy) is 1. The standard InChI is InChI=1S/C14H11Cl2FO/c1-18-13-6-5-10(15)8-12(13)14(16)9-3-2-4-11(17)7-9/h2-8,14H,1H3. The van der Waals surface area contributed by atoms with Crippen LogP contribution in [0.25, 0.3) is 0 Å². The first kappa shape index (κ1) is 13.2. The summed E-state index contributed by atoms with van der Waals surface area (Å²) in [5, 5.41) is 0.0576. The van der Waals surface area contributed by atoms with Crippen molar-refractivity contribution < 1.29 is 9.13 Å².